The molecule has 0 spiro atoms. The molecule has 8 nitrogen and oxygen atoms in total. The first kappa shape index (κ1) is 28.5. The number of hydrogen-bond acceptors (Lipinski definition) is 4. The predicted octanol–water partition coefficient (Wildman–Crippen LogP) is 5.95. The monoisotopic (exact) mass is 542 g/mol. The van der Waals surface area contributed by atoms with Crippen molar-refractivity contribution in [2.24, 2.45) is 5.92 Å². The van der Waals surface area contributed by atoms with Crippen molar-refractivity contribution in [3.05, 3.63) is 90.1 Å². The van der Waals surface area contributed by atoms with Gasteiger partial charge < -0.3 is 29.6 Å². The molecule has 4 rings (SSSR count). The lowest BCUT2D eigenvalue weighted by molar-refractivity contribution is -0.132. The number of amides is 3. The summed E-state index contributed by atoms with van der Waals surface area (Å²) in [6.45, 7) is 5.36. The first-order valence-corrected chi connectivity index (χ1v) is 13.5. The normalized spacial score (nSPS) is 10.9. The van der Waals surface area contributed by atoms with Crippen molar-refractivity contribution >= 4 is 28.5 Å². The number of carbonyl (C=O) groups is 2. The zero-order valence-corrected chi connectivity index (χ0v) is 23.6. The van der Waals surface area contributed by atoms with Crippen LogP contribution < -0.4 is 14.8 Å². The lowest BCUT2D eigenvalue weighted by Crippen LogP contribution is -2.46. The van der Waals surface area contributed by atoms with Gasteiger partial charge in [-0.2, -0.15) is 0 Å². The fourth-order valence-electron chi connectivity index (χ4n) is 4.73. The Bertz CT molecular complexity index is 1420. The van der Waals surface area contributed by atoms with Crippen LogP contribution in [0.25, 0.3) is 10.9 Å². The van der Waals surface area contributed by atoms with Crippen LogP contribution in [0, 0.1) is 5.92 Å². The molecule has 0 saturated carbocycles. The number of H-pyrrole nitrogens is 1. The van der Waals surface area contributed by atoms with Crippen LogP contribution in [-0.4, -0.2) is 60.6 Å². The van der Waals surface area contributed by atoms with Gasteiger partial charge in [0.05, 0.1) is 14.2 Å². The maximum absolute atomic E-state index is 13.8. The molecule has 0 unspecified atom stereocenters. The van der Waals surface area contributed by atoms with E-state index in [-0.39, 0.29) is 24.4 Å². The summed E-state index contributed by atoms with van der Waals surface area (Å²) in [5, 5.41) is 4.07. The van der Waals surface area contributed by atoms with Crippen molar-refractivity contribution in [2.45, 2.75) is 26.8 Å². The number of nitrogens with one attached hydrogen (secondary N) is 2. The number of anilines is 1. The van der Waals surface area contributed by atoms with Crippen molar-refractivity contribution in [1.29, 1.82) is 0 Å². The lowest BCUT2D eigenvalue weighted by Gasteiger charge is -2.29. The van der Waals surface area contributed by atoms with Gasteiger partial charge in [-0.3, -0.25) is 4.79 Å². The minimum Gasteiger partial charge on any atom is -0.493 e. The molecule has 3 aromatic carbocycles. The molecular weight excluding hydrogens is 504 g/mol. The second kappa shape index (κ2) is 13.6. The highest BCUT2D eigenvalue weighted by Crippen LogP contribution is 2.28. The van der Waals surface area contributed by atoms with Crippen LogP contribution in [0.2, 0.25) is 0 Å². The molecule has 2 N–H and O–H groups in total. The average molecular weight is 543 g/mol. The first-order chi connectivity index (χ1) is 19.4. The Morgan fingerprint density at radius 3 is 2.35 bits per heavy atom. The molecule has 1 aromatic heterocycles. The number of aromatic amines is 1. The molecule has 0 fully saturated rings. The minimum atomic E-state index is -0.295. The molecule has 4 aromatic rings. The summed E-state index contributed by atoms with van der Waals surface area (Å²) < 4.78 is 10.9. The van der Waals surface area contributed by atoms with Gasteiger partial charge in [0.15, 0.2) is 11.5 Å². The first-order valence-electron chi connectivity index (χ1n) is 13.5. The highest BCUT2D eigenvalue weighted by Gasteiger charge is 2.23. The third-order valence-corrected chi connectivity index (χ3v) is 6.72. The van der Waals surface area contributed by atoms with E-state index >= 15 is 0 Å². The van der Waals surface area contributed by atoms with Crippen molar-refractivity contribution in [3.63, 3.8) is 0 Å². The topological polar surface area (TPSA) is 86.9 Å². The summed E-state index contributed by atoms with van der Waals surface area (Å²) in [4.78, 5) is 33.8. The van der Waals surface area contributed by atoms with Gasteiger partial charge in [0.2, 0.25) is 5.91 Å². The summed E-state index contributed by atoms with van der Waals surface area (Å²) in [5.74, 6) is 1.30. The Morgan fingerprint density at radius 1 is 0.900 bits per heavy atom. The van der Waals surface area contributed by atoms with Gasteiger partial charge in [0.25, 0.3) is 0 Å². The van der Waals surface area contributed by atoms with Crippen LogP contribution in [0.5, 0.6) is 11.5 Å². The van der Waals surface area contributed by atoms with E-state index in [2.05, 4.69) is 16.4 Å². The Balaban J connectivity index is 1.55. The minimum absolute atomic E-state index is 0.0297. The summed E-state index contributed by atoms with van der Waals surface area (Å²) in [6.07, 6.45) is 2.67. The Morgan fingerprint density at radius 2 is 1.62 bits per heavy atom. The van der Waals surface area contributed by atoms with Crippen LogP contribution in [0.15, 0.2) is 79.0 Å². The van der Waals surface area contributed by atoms with Crippen molar-refractivity contribution in [1.82, 2.24) is 14.8 Å². The summed E-state index contributed by atoms with van der Waals surface area (Å²) in [6, 6.07) is 22.8. The smallest absolute Gasteiger partial charge is 0.322 e. The van der Waals surface area contributed by atoms with Crippen molar-refractivity contribution in [3.8, 4) is 11.5 Å². The summed E-state index contributed by atoms with van der Waals surface area (Å²) in [5.41, 5.74) is 3.81. The number of para-hydroxylation sites is 2. The van der Waals surface area contributed by atoms with Crippen molar-refractivity contribution < 1.29 is 19.1 Å². The second-order valence-electron chi connectivity index (χ2n) is 10.2. The van der Waals surface area contributed by atoms with Gasteiger partial charge >= 0.3 is 6.03 Å². The van der Waals surface area contributed by atoms with Gasteiger partial charge in [0, 0.05) is 42.4 Å². The summed E-state index contributed by atoms with van der Waals surface area (Å²) in [7, 11) is 3.19. The fraction of sp³-hybridized carbons (Fsp3) is 0.312. The molecular formula is C32H38N4O4. The van der Waals surface area contributed by atoms with E-state index in [1.807, 2.05) is 91.7 Å². The standard InChI is InChI=1S/C32H38N4O4/c1-23(2)20-36(32(38)34-26-10-6-5-7-11-26)22-31(37)35(21-24-14-15-29(39-3)30(18-24)40-4)17-16-25-19-33-28-13-9-8-12-27(25)28/h5-15,18-19,23,33H,16-17,20-22H2,1-4H3,(H,34,38). The molecule has 0 radical (unpaired) electrons. The molecule has 8 heteroatoms. The number of carbonyl (C=O) groups excluding carboxylic acids is 2. The number of urea groups is 1. The molecule has 210 valence electrons. The molecule has 0 bridgehead atoms. The number of ether oxygens (including phenoxy) is 2. The zero-order valence-electron chi connectivity index (χ0n) is 23.6. The molecule has 0 aliphatic heterocycles. The van der Waals surface area contributed by atoms with E-state index in [4.69, 9.17) is 9.47 Å². The van der Waals surface area contributed by atoms with Crippen LogP contribution >= 0.6 is 0 Å². The van der Waals surface area contributed by atoms with Gasteiger partial charge in [-0.05, 0) is 53.8 Å². The number of nitrogens with zero attached hydrogens (tertiary/aromatic N) is 2. The van der Waals surface area contributed by atoms with Gasteiger partial charge in [0.1, 0.15) is 6.54 Å². The highest BCUT2D eigenvalue weighted by molar-refractivity contribution is 5.92. The zero-order chi connectivity index (χ0) is 28.5. The maximum Gasteiger partial charge on any atom is 0.322 e. The molecule has 40 heavy (non-hydrogen) atoms. The van der Waals surface area contributed by atoms with Gasteiger partial charge in [-0.25, -0.2) is 4.79 Å². The SMILES string of the molecule is COc1ccc(CN(CCc2c[nH]c3ccccc23)C(=O)CN(CC(C)C)C(=O)Nc2ccccc2)cc1OC. The number of methoxy groups -OCH3 is 2. The number of aromatic nitrogens is 1. The van der Waals surface area contributed by atoms with Crippen molar-refractivity contribution in [2.75, 3.05) is 39.2 Å². The third-order valence-electron chi connectivity index (χ3n) is 6.72. The van der Waals surface area contributed by atoms with E-state index in [0.717, 1.165) is 22.0 Å². The molecule has 0 saturated heterocycles. The van der Waals surface area contributed by atoms with Crippen LogP contribution in [0.3, 0.4) is 0 Å². The van der Waals surface area contributed by atoms with Gasteiger partial charge in [-0.15, -0.1) is 0 Å². The average Bonchev–Trinajstić information content (AvgIpc) is 3.38. The van der Waals surface area contributed by atoms with Crippen LogP contribution in [0.4, 0.5) is 10.5 Å². The number of rotatable bonds is 12. The number of hydrogen-bond donors (Lipinski definition) is 2. The predicted molar refractivity (Wildman–Crippen MR) is 159 cm³/mol. The molecule has 1 heterocycles. The summed E-state index contributed by atoms with van der Waals surface area (Å²) >= 11 is 0. The quantitative estimate of drug-likeness (QED) is 0.232. The fourth-order valence-corrected chi connectivity index (χ4v) is 4.73. The molecule has 0 aliphatic rings. The second-order valence-corrected chi connectivity index (χ2v) is 10.2. The van der Waals surface area contributed by atoms with E-state index in [1.165, 1.54) is 0 Å². The highest BCUT2D eigenvalue weighted by atomic mass is 16.5. The molecule has 0 aliphatic carbocycles. The Hall–Kier alpha value is -4.46. The van der Waals surface area contributed by atoms with E-state index in [0.29, 0.717) is 43.2 Å². The molecule has 0 atom stereocenters. The largest absolute Gasteiger partial charge is 0.493 e. The molecule has 3 amide bonds. The number of benzene rings is 3. The Labute approximate surface area is 235 Å². The number of fused-ring (bicyclic) bond motifs is 1. The van der Waals surface area contributed by atoms with E-state index < -0.39 is 0 Å². The van der Waals surface area contributed by atoms with Gasteiger partial charge in [-0.1, -0.05) is 56.3 Å². The third kappa shape index (κ3) is 7.34. The Kier molecular flexibility index (Phi) is 9.67. The van der Waals surface area contributed by atoms with E-state index in [9.17, 15) is 9.59 Å². The lowest BCUT2D eigenvalue weighted by atomic mass is 10.1. The maximum atomic E-state index is 13.8. The van der Waals surface area contributed by atoms with Crippen LogP contribution in [0.1, 0.15) is 25.0 Å². The van der Waals surface area contributed by atoms with E-state index in [1.54, 1.807) is 19.1 Å². The van der Waals surface area contributed by atoms with Crippen LogP contribution in [-0.2, 0) is 17.8 Å².